The molecule has 2 aromatic carbocycles. The van der Waals surface area contributed by atoms with Gasteiger partial charge in [-0.2, -0.15) is 4.80 Å². The first-order valence-corrected chi connectivity index (χ1v) is 6.97. The summed E-state index contributed by atoms with van der Waals surface area (Å²) in [7, 11) is 0. The molecule has 1 aromatic heterocycles. The monoisotopic (exact) mass is 313 g/mol. The molecule has 1 heterocycles. The highest BCUT2D eigenvalue weighted by Gasteiger charge is 2.09. The van der Waals surface area contributed by atoms with Gasteiger partial charge in [-0.1, -0.05) is 41.9 Å². The van der Waals surface area contributed by atoms with Gasteiger partial charge in [-0.3, -0.25) is 4.79 Å². The normalized spacial score (nSPS) is 10.4. The number of nitrogens with zero attached hydrogens (tertiary/aromatic N) is 4. The second kappa shape index (κ2) is 6.36. The molecule has 0 atom stereocenters. The number of amides is 1. The fourth-order valence-electron chi connectivity index (χ4n) is 1.88. The molecule has 7 heteroatoms. The molecule has 0 spiro atoms. The first-order chi connectivity index (χ1) is 10.7. The van der Waals surface area contributed by atoms with Crippen LogP contribution in [0.25, 0.3) is 11.4 Å². The molecule has 22 heavy (non-hydrogen) atoms. The Morgan fingerprint density at radius 2 is 1.82 bits per heavy atom. The van der Waals surface area contributed by atoms with E-state index in [9.17, 15) is 4.79 Å². The van der Waals surface area contributed by atoms with E-state index in [1.807, 2.05) is 30.3 Å². The van der Waals surface area contributed by atoms with Crippen LogP contribution < -0.4 is 5.32 Å². The van der Waals surface area contributed by atoms with E-state index < -0.39 is 0 Å². The molecular weight excluding hydrogens is 302 g/mol. The minimum atomic E-state index is -0.237. The largest absolute Gasteiger partial charge is 0.324 e. The zero-order valence-corrected chi connectivity index (χ0v) is 12.2. The molecule has 0 bridgehead atoms. The summed E-state index contributed by atoms with van der Waals surface area (Å²) in [6.07, 6.45) is 0. The third kappa shape index (κ3) is 3.48. The molecule has 0 unspecified atom stereocenters. The van der Waals surface area contributed by atoms with Crippen LogP contribution in [0.5, 0.6) is 0 Å². The maximum absolute atomic E-state index is 11.9. The minimum Gasteiger partial charge on any atom is -0.324 e. The number of carbonyl (C=O) groups excluding carboxylic acids is 1. The third-order valence-corrected chi connectivity index (χ3v) is 3.15. The lowest BCUT2D eigenvalue weighted by molar-refractivity contribution is -0.117. The molecule has 1 N–H and O–H groups in total. The van der Waals surface area contributed by atoms with Crippen molar-refractivity contribution in [3.8, 4) is 11.4 Å². The second-order valence-corrected chi connectivity index (χ2v) is 5.00. The van der Waals surface area contributed by atoms with Gasteiger partial charge in [-0.15, -0.1) is 10.2 Å². The van der Waals surface area contributed by atoms with Crippen LogP contribution in [0.1, 0.15) is 0 Å². The van der Waals surface area contributed by atoms with Crippen LogP contribution in [-0.4, -0.2) is 26.1 Å². The van der Waals surface area contributed by atoms with Crippen LogP contribution in [0.2, 0.25) is 5.02 Å². The molecular formula is C15H12ClN5O. The fraction of sp³-hybridized carbons (Fsp3) is 0.0667. The molecule has 0 saturated carbocycles. The van der Waals surface area contributed by atoms with Crippen molar-refractivity contribution in [2.24, 2.45) is 0 Å². The van der Waals surface area contributed by atoms with Crippen LogP contribution in [0.3, 0.4) is 0 Å². The summed E-state index contributed by atoms with van der Waals surface area (Å²) < 4.78 is 0. The maximum Gasteiger partial charge on any atom is 0.248 e. The number of aromatic nitrogens is 4. The van der Waals surface area contributed by atoms with Crippen molar-refractivity contribution >= 4 is 23.2 Å². The Balaban J connectivity index is 1.65. The zero-order chi connectivity index (χ0) is 15.4. The molecule has 0 radical (unpaired) electrons. The van der Waals surface area contributed by atoms with Crippen LogP contribution in [-0.2, 0) is 11.3 Å². The number of hydrogen-bond acceptors (Lipinski definition) is 4. The number of nitrogens with one attached hydrogen (secondary N) is 1. The molecule has 0 saturated heterocycles. The Morgan fingerprint density at radius 3 is 2.55 bits per heavy atom. The predicted octanol–water partition coefficient (Wildman–Crippen LogP) is 2.63. The van der Waals surface area contributed by atoms with Crippen molar-refractivity contribution in [1.82, 2.24) is 20.2 Å². The highest BCUT2D eigenvalue weighted by Crippen LogP contribution is 2.14. The van der Waals surface area contributed by atoms with Gasteiger partial charge in [0.1, 0.15) is 6.54 Å². The van der Waals surface area contributed by atoms with Crippen molar-refractivity contribution in [2.75, 3.05) is 5.32 Å². The smallest absolute Gasteiger partial charge is 0.248 e. The SMILES string of the molecule is O=C(Cn1nnc(-c2ccccc2)n1)Nc1ccc(Cl)cc1. The molecule has 6 nitrogen and oxygen atoms in total. The molecule has 110 valence electrons. The first-order valence-electron chi connectivity index (χ1n) is 6.59. The average Bonchev–Trinajstić information content (AvgIpc) is 2.99. The molecule has 3 aromatic rings. The van der Waals surface area contributed by atoms with Crippen molar-refractivity contribution in [2.45, 2.75) is 6.54 Å². The van der Waals surface area contributed by atoms with Gasteiger partial charge in [-0.05, 0) is 29.5 Å². The molecule has 1 amide bonds. The van der Waals surface area contributed by atoms with Crippen LogP contribution in [0.4, 0.5) is 5.69 Å². The Labute approximate surface area is 131 Å². The number of halogens is 1. The third-order valence-electron chi connectivity index (χ3n) is 2.90. The molecule has 0 aliphatic carbocycles. The van der Waals surface area contributed by atoms with E-state index in [1.165, 1.54) is 4.80 Å². The molecule has 0 aliphatic rings. The number of hydrogen-bond donors (Lipinski definition) is 1. The van der Waals surface area contributed by atoms with E-state index in [-0.39, 0.29) is 12.5 Å². The van der Waals surface area contributed by atoms with E-state index in [2.05, 4.69) is 20.7 Å². The number of carbonyl (C=O) groups is 1. The van der Waals surface area contributed by atoms with E-state index in [4.69, 9.17) is 11.6 Å². The van der Waals surface area contributed by atoms with E-state index in [0.717, 1.165) is 5.56 Å². The average molecular weight is 314 g/mol. The van der Waals surface area contributed by atoms with Crippen molar-refractivity contribution in [1.29, 1.82) is 0 Å². The van der Waals surface area contributed by atoms with E-state index >= 15 is 0 Å². The van der Waals surface area contributed by atoms with Gasteiger partial charge in [0.15, 0.2) is 0 Å². The topological polar surface area (TPSA) is 72.7 Å². The van der Waals surface area contributed by atoms with Gasteiger partial charge in [0.2, 0.25) is 11.7 Å². The summed E-state index contributed by atoms with van der Waals surface area (Å²) in [5.41, 5.74) is 1.52. The lowest BCUT2D eigenvalue weighted by atomic mass is 10.2. The minimum absolute atomic E-state index is 0.0114. The summed E-state index contributed by atoms with van der Waals surface area (Å²) in [5.74, 6) is 0.249. The maximum atomic E-state index is 11.9. The highest BCUT2D eigenvalue weighted by molar-refractivity contribution is 6.30. The Hall–Kier alpha value is -2.73. The van der Waals surface area contributed by atoms with Gasteiger partial charge < -0.3 is 5.32 Å². The van der Waals surface area contributed by atoms with Crippen LogP contribution in [0.15, 0.2) is 54.6 Å². The summed E-state index contributed by atoms with van der Waals surface area (Å²) >= 11 is 5.79. The lowest BCUT2D eigenvalue weighted by Gasteiger charge is -2.04. The van der Waals surface area contributed by atoms with Crippen molar-refractivity contribution in [3.05, 3.63) is 59.6 Å². The second-order valence-electron chi connectivity index (χ2n) is 4.56. The predicted molar refractivity (Wildman–Crippen MR) is 83.3 cm³/mol. The first kappa shape index (κ1) is 14.2. The Kier molecular flexibility index (Phi) is 4.11. The van der Waals surface area contributed by atoms with Gasteiger partial charge in [0.25, 0.3) is 0 Å². The number of benzene rings is 2. The van der Waals surface area contributed by atoms with E-state index in [0.29, 0.717) is 16.5 Å². The number of rotatable bonds is 4. The van der Waals surface area contributed by atoms with Crippen molar-refractivity contribution < 1.29 is 4.79 Å². The quantitative estimate of drug-likeness (QED) is 0.803. The lowest BCUT2D eigenvalue weighted by Crippen LogP contribution is -2.20. The summed E-state index contributed by atoms with van der Waals surface area (Å²) in [6.45, 7) is -0.0114. The van der Waals surface area contributed by atoms with Gasteiger partial charge in [0, 0.05) is 16.3 Å². The number of tetrazole rings is 1. The molecule has 3 rings (SSSR count). The van der Waals surface area contributed by atoms with Gasteiger partial charge in [-0.25, -0.2) is 0 Å². The summed E-state index contributed by atoms with van der Waals surface area (Å²) in [5, 5.41) is 15.4. The van der Waals surface area contributed by atoms with Gasteiger partial charge >= 0.3 is 0 Å². The molecule has 0 fully saturated rings. The summed E-state index contributed by atoms with van der Waals surface area (Å²) in [4.78, 5) is 13.2. The number of anilines is 1. The van der Waals surface area contributed by atoms with Crippen LogP contribution in [0, 0.1) is 0 Å². The molecule has 0 aliphatic heterocycles. The van der Waals surface area contributed by atoms with E-state index in [1.54, 1.807) is 24.3 Å². The van der Waals surface area contributed by atoms with Crippen LogP contribution >= 0.6 is 11.6 Å². The summed E-state index contributed by atoms with van der Waals surface area (Å²) in [6, 6.07) is 16.3. The Bertz CT molecular complexity index is 770. The van der Waals surface area contributed by atoms with Gasteiger partial charge in [0.05, 0.1) is 0 Å². The Morgan fingerprint density at radius 1 is 1.09 bits per heavy atom. The van der Waals surface area contributed by atoms with Crippen molar-refractivity contribution in [3.63, 3.8) is 0 Å². The zero-order valence-electron chi connectivity index (χ0n) is 11.5. The standard InChI is InChI=1S/C15H12ClN5O/c16-12-6-8-13(9-7-12)17-14(22)10-21-19-15(18-20-21)11-4-2-1-3-5-11/h1-9H,10H2,(H,17,22). The fourth-order valence-corrected chi connectivity index (χ4v) is 2.00. The highest BCUT2D eigenvalue weighted by atomic mass is 35.5.